The number of nitrogens with two attached hydrogens (primary N) is 1. The number of thioether (sulfide) groups is 1. The Morgan fingerprint density at radius 2 is 1.60 bits per heavy atom. The molecule has 2 aromatic carbocycles. The molecule has 0 spiro atoms. The normalized spacial score (nSPS) is 12.3. The molecule has 1 atom stereocenters. The summed E-state index contributed by atoms with van der Waals surface area (Å²) in [6.45, 7) is 2.18. The van der Waals surface area contributed by atoms with Crippen molar-refractivity contribution in [1.82, 2.24) is 0 Å². The first-order chi connectivity index (χ1) is 9.67. The molecular formula is C17H20BrNS. The Morgan fingerprint density at radius 1 is 1.00 bits per heavy atom. The third-order valence-electron chi connectivity index (χ3n) is 3.21. The van der Waals surface area contributed by atoms with Gasteiger partial charge in [0.1, 0.15) is 0 Å². The van der Waals surface area contributed by atoms with Gasteiger partial charge in [-0.3, -0.25) is 0 Å². The zero-order valence-electron chi connectivity index (χ0n) is 11.7. The van der Waals surface area contributed by atoms with E-state index in [1.807, 2.05) is 11.8 Å². The molecule has 2 aromatic rings. The van der Waals surface area contributed by atoms with Crippen LogP contribution in [0.4, 0.5) is 0 Å². The van der Waals surface area contributed by atoms with Gasteiger partial charge >= 0.3 is 0 Å². The Morgan fingerprint density at radius 3 is 2.20 bits per heavy atom. The molecule has 0 fully saturated rings. The molecule has 0 bridgehead atoms. The Labute approximate surface area is 134 Å². The van der Waals surface area contributed by atoms with E-state index in [-0.39, 0.29) is 6.04 Å². The minimum absolute atomic E-state index is 0.191. The summed E-state index contributed by atoms with van der Waals surface area (Å²) in [5.41, 5.74) is 8.93. The van der Waals surface area contributed by atoms with E-state index in [1.54, 1.807) is 0 Å². The van der Waals surface area contributed by atoms with Gasteiger partial charge in [-0.05, 0) is 48.2 Å². The predicted molar refractivity (Wildman–Crippen MR) is 92.4 cm³/mol. The van der Waals surface area contributed by atoms with Crippen LogP contribution in [0.25, 0.3) is 0 Å². The summed E-state index contributed by atoms with van der Waals surface area (Å²) in [6.07, 6.45) is 2.03. The number of benzene rings is 2. The highest BCUT2D eigenvalue weighted by Gasteiger charge is 2.05. The smallest absolute Gasteiger partial charge is 0.0176 e. The van der Waals surface area contributed by atoms with E-state index in [1.165, 1.54) is 16.0 Å². The lowest BCUT2D eigenvalue weighted by Gasteiger charge is -2.12. The molecule has 0 radical (unpaired) electrons. The number of aryl methyl sites for hydroxylation is 1. The monoisotopic (exact) mass is 349 g/mol. The molecule has 0 aromatic heterocycles. The minimum Gasteiger partial charge on any atom is -0.327 e. The fraction of sp³-hybridized carbons (Fsp3) is 0.294. The molecule has 0 saturated heterocycles. The first-order valence-electron chi connectivity index (χ1n) is 6.89. The Hall–Kier alpha value is -0.770. The third kappa shape index (κ3) is 4.97. The second-order valence-corrected chi connectivity index (χ2v) is 6.91. The number of rotatable bonds is 6. The van der Waals surface area contributed by atoms with Crippen molar-refractivity contribution in [3.8, 4) is 0 Å². The molecule has 0 amide bonds. The summed E-state index contributed by atoms with van der Waals surface area (Å²) in [6, 6.07) is 17.4. The van der Waals surface area contributed by atoms with Crippen molar-refractivity contribution in [2.75, 3.05) is 5.75 Å². The first-order valence-corrected chi connectivity index (χ1v) is 8.67. The highest BCUT2D eigenvalue weighted by atomic mass is 79.9. The maximum Gasteiger partial charge on any atom is 0.0176 e. The Kier molecular flexibility index (Phi) is 6.14. The van der Waals surface area contributed by atoms with Crippen molar-refractivity contribution in [2.45, 2.75) is 30.7 Å². The molecule has 106 valence electrons. The molecule has 0 aliphatic rings. The van der Waals surface area contributed by atoms with Crippen LogP contribution >= 0.6 is 27.7 Å². The van der Waals surface area contributed by atoms with Crippen LogP contribution in [0.5, 0.6) is 0 Å². The van der Waals surface area contributed by atoms with E-state index < -0.39 is 0 Å². The average molecular weight is 350 g/mol. The molecule has 2 N–H and O–H groups in total. The quantitative estimate of drug-likeness (QED) is 0.766. The third-order valence-corrected chi connectivity index (χ3v) is 4.94. The first kappa shape index (κ1) is 15.6. The highest BCUT2D eigenvalue weighted by Crippen LogP contribution is 2.21. The summed E-state index contributed by atoms with van der Waals surface area (Å²) < 4.78 is 1.11. The van der Waals surface area contributed by atoms with Crippen molar-refractivity contribution >= 4 is 27.7 Å². The van der Waals surface area contributed by atoms with Crippen LogP contribution in [0.3, 0.4) is 0 Å². The number of halogens is 1. The van der Waals surface area contributed by atoms with Crippen LogP contribution in [0.15, 0.2) is 57.9 Å². The van der Waals surface area contributed by atoms with E-state index in [9.17, 15) is 0 Å². The van der Waals surface area contributed by atoms with Gasteiger partial charge in [0.2, 0.25) is 0 Å². The lowest BCUT2D eigenvalue weighted by Crippen LogP contribution is -2.25. The fourth-order valence-corrected chi connectivity index (χ4v) is 3.12. The topological polar surface area (TPSA) is 26.0 Å². The van der Waals surface area contributed by atoms with E-state index in [0.29, 0.717) is 0 Å². The summed E-state index contributed by atoms with van der Waals surface area (Å²) in [5, 5.41) is 0. The van der Waals surface area contributed by atoms with Crippen molar-refractivity contribution in [3.05, 3.63) is 64.1 Å². The van der Waals surface area contributed by atoms with E-state index in [0.717, 1.165) is 23.1 Å². The van der Waals surface area contributed by atoms with Gasteiger partial charge in [-0.15, -0.1) is 11.8 Å². The van der Waals surface area contributed by atoms with Crippen molar-refractivity contribution in [1.29, 1.82) is 0 Å². The van der Waals surface area contributed by atoms with Crippen molar-refractivity contribution in [3.63, 3.8) is 0 Å². The molecule has 20 heavy (non-hydrogen) atoms. The zero-order valence-corrected chi connectivity index (χ0v) is 14.1. The SMILES string of the molecule is CCc1ccc(CC(N)CSc2ccc(Br)cc2)cc1. The molecule has 0 saturated carbocycles. The van der Waals surface area contributed by atoms with Gasteiger partial charge in [0.15, 0.2) is 0 Å². The molecule has 3 heteroatoms. The van der Waals surface area contributed by atoms with Gasteiger partial charge in [0.05, 0.1) is 0 Å². The van der Waals surface area contributed by atoms with Crippen LogP contribution in [0.1, 0.15) is 18.1 Å². The Bertz CT molecular complexity index is 522. The summed E-state index contributed by atoms with van der Waals surface area (Å²) >= 11 is 5.27. The lowest BCUT2D eigenvalue weighted by atomic mass is 10.0. The van der Waals surface area contributed by atoms with Crippen LogP contribution in [-0.4, -0.2) is 11.8 Å². The maximum atomic E-state index is 6.22. The molecule has 2 rings (SSSR count). The van der Waals surface area contributed by atoms with Crippen LogP contribution in [0.2, 0.25) is 0 Å². The second-order valence-electron chi connectivity index (χ2n) is 4.90. The van der Waals surface area contributed by atoms with E-state index >= 15 is 0 Å². The van der Waals surface area contributed by atoms with Crippen LogP contribution in [0, 0.1) is 0 Å². The Balaban J connectivity index is 1.82. The summed E-state index contributed by atoms with van der Waals surface area (Å²) in [5.74, 6) is 0.942. The van der Waals surface area contributed by atoms with Gasteiger partial charge in [-0.1, -0.05) is 47.1 Å². The molecular weight excluding hydrogens is 330 g/mol. The van der Waals surface area contributed by atoms with Crippen molar-refractivity contribution < 1.29 is 0 Å². The summed E-state index contributed by atoms with van der Waals surface area (Å²) in [7, 11) is 0. The average Bonchev–Trinajstić information content (AvgIpc) is 2.47. The molecule has 0 heterocycles. The highest BCUT2D eigenvalue weighted by molar-refractivity contribution is 9.10. The minimum atomic E-state index is 0.191. The zero-order chi connectivity index (χ0) is 14.4. The largest absolute Gasteiger partial charge is 0.327 e. The molecule has 1 nitrogen and oxygen atoms in total. The van der Waals surface area contributed by atoms with E-state index in [4.69, 9.17) is 5.73 Å². The van der Waals surface area contributed by atoms with Gasteiger partial charge in [0, 0.05) is 21.2 Å². The second kappa shape index (κ2) is 7.87. The molecule has 0 aliphatic heterocycles. The fourth-order valence-electron chi connectivity index (χ4n) is 2.01. The van der Waals surface area contributed by atoms with Crippen LogP contribution < -0.4 is 5.73 Å². The molecule has 1 unspecified atom stereocenters. The number of hydrogen-bond acceptors (Lipinski definition) is 2. The van der Waals surface area contributed by atoms with E-state index in [2.05, 4.69) is 71.4 Å². The predicted octanol–water partition coefficient (Wildman–Crippen LogP) is 4.67. The lowest BCUT2D eigenvalue weighted by molar-refractivity contribution is 0.748. The van der Waals surface area contributed by atoms with Gasteiger partial charge in [-0.2, -0.15) is 0 Å². The molecule has 0 aliphatic carbocycles. The van der Waals surface area contributed by atoms with Gasteiger partial charge < -0.3 is 5.73 Å². The standard InChI is InChI=1S/C17H20BrNS/c1-2-13-3-5-14(6-4-13)11-16(19)12-20-17-9-7-15(18)8-10-17/h3-10,16H,2,11-12,19H2,1H3. The summed E-state index contributed by atoms with van der Waals surface area (Å²) in [4.78, 5) is 1.27. The van der Waals surface area contributed by atoms with Gasteiger partial charge in [0.25, 0.3) is 0 Å². The van der Waals surface area contributed by atoms with Gasteiger partial charge in [-0.25, -0.2) is 0 Å². The van der Waals surface area contributed by atoms with Crippen LogP contribution in [-0.2, 0) is 12.8 Å². The van der Waals surface area contributed by atoms with Crippen molar-refractivity contribution in [2.24, 2.45) is 5.73 Å². The maximum absolute atomic E-state index is 6.22. The number of hydrogen-bond donors (Lipinski definition) is 1.